The third-order valence-electron chi connectivity index (χ3n) is 7.04. The predicted molar refractivity (Wildman–Crippen MR) is 167 cm³/mol. The molecule has 1 heterocycles. The normalized spacial score (nSPS) is 14.2. The molecular formula is C31H54N4O3S. The van der Waals surface area contributed by atoms with Gasteiger partial charge in [0, 0.05) is 24.8 Å². The Hall–Kier alpha value is -2.09. The number of carboxylic acid groups (broad SMARTS) is 1. The molecule has 3 unspecified atom stereocenters. The van der Waals surface area contributed by atoms with Gasteiger partial charge >= 0.3 is 5.97 Å². The topological polar surface area (TPSA) is 95.4 Å². The number of aliphatic carboxylic acids is 1. The first-order chi connectivity index (χ1) is 18.5. The standard InChI is InChI=1S/C31H54N4O3S/c1-23(2)11-8-12-24(3)13-9-14-25(4)15-10-16-26(5)18-20-39-22-28(30(37)38)33-29-17-19-32-31(34-29)35(7)21-27(6)36/h17-19,23-25,28H,8-16,20-22H2,1-7H3,(H,37,38)(H,32,33,34)/b26-18+. The molecule has 0 fully saturated rings. The van der Waals surface area contributed by atoms with Crippen LogP contribution in [-0.4, -0.2) is 58.0 Å². The molecule has 0 aromatic carbocycles. The van der Waals surface area contributed by atoms with Crippen LogP contribution in [0.4, 0.5) is 11.8 Å². The Morgan fingerprint density at radius 2 is 1.64 bits per heavy atom. The second-order valence-electron chi connectivity index (χ2n) is 11.8. The van der Waals surface area contributed by atoms with E-state index in [0.29, 0.717) is 17.5 Å². The average Bonchev–Trinajstić information content (AvgIpc) is 2.85. The van der Waals surface area contributed by atoms with E-state index < -0.39 is 12.0 Å². The monoisotopic (exact) mass is 562 g/mol. The van der Waals surface area contributed by atoms with Crippen LogP contribution in [0.15, 0.2) is 23.9 Å². The minimum atomic E-state index is -0.917. The number of carbonyl (C=O) groups excluding carboxylic acids is 1. The number of nitrogens with zero attached hydrogens (tertiary/aromatic N) is 3. The van der Waals surface area contributed by atoms with E-state index in [1.807, 2.05) is 0 Å². The number of thioether (sulfide) groups is 1. The Morgan fingerprint density at radius 3 is 2.23 bits per heavy atom. The molecule has 3 atom stereocenters. The van der Waals surface area contributed by atoms with Crippen molar-refractivity contribution in [3.63, 3.8) is 0 Å². The summed E-state index contributed by atoms with van der Waals surface area (Å²) in [6, 6.07) is 0.883. The minimum Gasteiger partial charge on any atom is -0.480 e. The number of carbonyl (C=O) groups is 2. The number of likely N-dealkylation sites (N-methyl/N-ethyl adjacent to an activating group) is 1. The molecule has 222 valence electrons. The van der Waals surface area contributed by atoms with Gasteiger partial charge in [-0.2, -0.15) is 16.7 Å². The van der Waals surface area contributed by atoms with E-state index in [9.17, 15) is 14.7 Å². The fourth-order valence-corrected chi connectivity index (χ4v) is 5.57. The lowest BCUT2D eigenvalue weighted by Gasteiger charge is -2.18. The summed E-state index contributed by atoms with van der Waals surface area (Å²) in [5.41, 5.74) is 1.38. The minimum absolute atomic E-state index is 0.00468. The van der Waals surface area contributed by atoms with Gasteiger partial charge in [0.05, 0.1) is 6.54 Å². The van der Waals surface area contributed by atoms with Crippen molar-refractivity contribution in [1.29, 1.82) is 0 Å². The smallest absolute Gasteiger partial charge is 0.327 e. The first-order valence-corrected chi connectivity index (χ1v) is 15.9. The van der Waals surface area contributed by atoms with E-state index in [-0.39, 0.29) is 12.3 Å². The third-order valence-corrected chi connectivity index (χ3v) is 8.01. The van der Waals surface area contributed by atoms with E-state index in [4.69, 9.17) is 0 Å². The number of hydrogen-bond acceptors (Lipinski definition) is 7. The van der Waals surface area contributed by atoms with Crippen molar-refractivity contribution >= 4 is 35.3 Å². The molecule has 0 bridgehead atoms. The van der Waals surface area contributed by atoms with E-state index in [0.717, 1.165) is 29.9 Å². The van der Waals surface area contributed by atoms with E-state index in [1.165, 1.54) is 63.9 Å². The fraction of sp³-hybridized carbons (Fsp3) is 0.742. The number of rotatable bonds is 22. The van der Waals surface area contributed by atoms with Crippen molar-refractivity contribution < 1.29 is 14.7 Å². The summed E-state index contributed by atoms with van der Waals surface area (Å²) in [6.07, 6.45) is 15.5. The summed E-state index contributed by atoms with van der Waals surface area (Å²) in [6.45, 7) is 13.3. The zero-order valence-electron chi connectivity index (χ0n) is 25.5. The fourth-order valence-electron chi connectivity index (χ4n) is 4.57. The lowest BCUT2D eigenvalue weighted by Crippen LogP contribution is -2.32. The Bertz CT molecular complexity index is 877. The lowest BCUT2D eigenvalue weighted by atomic mass is 9.91. The Morgan fingerprint density at radius 1 is 1.03 bits per heavy atom. The highest BCUT2D eigenvalue weighted by atomic mass is 32.2. The van der Waals surface area contributed by atoms with Crippen LogP contribution in [0.3, 0.4) is 0 Å². The molecule has 1 rings (SSSR count). The number of aromatic nitrogens is 2. The molecule has 0 aliphatic heterocycles. The first kappa shape index (κ1) is 34.9. The van der Waals surface area contributed by atoms with Crippen LogP contribution in [0.25, 0.3) is 0 Å². The highest BCUT2D eigenvalue weighted by Gasteiger charge is 2.18. The van der Waals surface area contributed by atoms with Gasteiger partial charge in [-0.1, -0.05) is 84.3 Å². The zero-order valence-corrected chi connectivity index (χ0v) is 26.4. The molecule has 0 radical (unpaired) electrons. The van der Waals surface area contributed by atoms with Gasteiger partial charge in [-0.3, -0.25) is 4.79 Å². The van der Waals surface area contributed by atoms with Crippen molar-refractivity contribution in [2.75, 3.05) is 35.3 Å². The number of nitrogens with one attached hydrogen (secondary N) is 1. The second-order valence-corrected chi connectivity index (χ2v) is 12.9. The van der Waals surface area contributed by atoms with Crippen LogP contribution in [-0.2, 0) is 9.59 Å². The van der Waals surface area contributed by atoms with E-state index >= 15 is 0 Å². The number of Topliss-reactive ketones (excluding diaryl/α,β-unsaturated/α-hetero) is 1. The lowest BCUT2D eigenvalue weighted by molar-refractivity contribution is -0.137. The molecule has 0 saturated heterocycles. The number of carboxylic acids is 1. The molecule has 0 spiro atoms. The number of ketones is 1. The van der Waals surface area contributed by atoms with Gasteiger partial charge in [-0.15, -0.1) is 0 Å². The van der Waals surface area contributed by atoms with Crippen LogP contribution < -0.4 is 10.2 Å². The molecule has 0 saturated carbocycles. The van der Waals surface area contributed by atoms with Crippen LogP contribution >= 0.6 is 11.8 Å². The van der Waals surface area contributed by atoms with Crippen molar-refractivity contribution in [1.82, 2.24) is 9.97 Å². The quantitative estimate of drug-likeness (QED) is 0.111. The van der Waals surface area contributed by atoms with Crippen molar-refractivity contribution in [3.05, 3.63) is 23.9 Å². The van der Waals surface area contributed by atoms with Gasteiger partial charge in [-0.05, 0) is 50.5 Å². The molecule has 8 heteroatoms. The second kappa shape index (κ2) is 19.9. The maximum absolute atomic E-state index is 11.8. The summed E-state index contributed by atoms with van der Waals surface area (Å²) in [4.78, 5) is 33.3. The van der Waals surface area contributed by atoms with Gasteiger partial charge in [-0.25, -0.2) is 9.78 Å². The molecule has 0 amide bonds. The molecule has 0 aliphatic carbocycles. The highest BCUT2D eigenvalue weighted by Crippen LogP contribution is 2.22. The van der Waals surface area contributed by atoms with E-state index in [2.05, 4.69) is 56.0 Å². The SMILES string of the molecule is CC(=O)CN(C)c1nccc(NC(CSC/C=C(\C)CCCC(C)CCCC(C)CCCC(C)C)C(=O)O)n1. The number of hydrogen-bond donors (Lipinski definition) is 2. The molecule has 39 heavy (non-hydrogen) atoms. The maximum atomic E-state index is 11.8. The predicted octanol–water partition coefficient (Wildman–Crippen LogP) is 7.49. The summed E-state index contributed by atoms with van der Waals surface area (Å²) in [7, 11) is 1.73. The maximum Gasteiger partial charge on any atom is 0.327 e. The molecule has 1 aromatic rings. The highest BCUT2D eigenvalue weighted by molar-refractivity contribution is 7.99. The summed E-state index contributed by atoms with van der Waals surface area (Å²) >= 11 is 1.60. The Kier molecular flexibility index (Phi) is 17.8. The van der Waals surface area contributed by atoms with Gasteiger partial charge in [0.1, 0.15) is 17.6 Å². The summed E-state index contributed by atoms with van der Waals surface area (Å²) in [5.74, 6) is 3.58. The van der Waals surface area contributed by atoms with Crippen LogP contribution in [0.5, 0.6) is 0 Å². The third kappa shape index (κ3) is 17.3. The molecule has 2 N–H and O–H groups in total. The number of allylic oxidation sites excluding steroid dienone is 1. The van der Waals surface area contributed by atoms with Gasteiger partial charge in [0.25, 0.3) is 0 Å². The number of anilines is 2. The Balaban J connectivity index is 2.31. The van der Waals surface area contributed by atoms with Gasteiger partial charge < -0.3 is 15.3 Å². The largest absolute Gasteiger partial charge is 0.480 e. The van der Waals surface area contributed by atoms with Gasteiger partial charge in [0.2, 0.25) is 5.95 Å². The van der Waals surface area contributed by atoms with Crippen molar-refractivity contribution in [2.45, 2.75) is 105 Å². The summed E-state index contributed by atoms with van der Waals surface area (Å²) < 4.78 is 0. The summed E-state index contributed by atoms with van der Waals surface area (Å²) in [5, 5.41) is 12.7. The van der Waals surface area contributed by atoms with Crippen molar-refractivity contribution in [2.24, 2.45) is 17.8 Å². The molecule has 7 nitrogen and oxygen atoms in total. The Labute approximate surface area is 242 Å². The average molecular weight is 563 g/mol. The first-order valence-electron chi connectivity index (χ1n) is 14.7. The van der Waals surface area contributed by atoms with Crippen LogP contribution in [0.2, 0.25) is 0 Å². The van der Waals surface area contributed by atoms with E-state index in [1.54, 1.807) is 36.0 Å². The molecular weight excluding hydrogens is 508 g/mol. The molecule has 0 aliphatic rings. The zero-order chi connectivity index (χ0) is 29.2. The van der Waals surface area contributed by atoms with Gasteiger partial charge in [0.15, 0.2) is 0 Å². The van der Waals surface area contributed by atoms with Crippen molar-refractivity contribution in [3.8, 4) is 0 Å². The van der Waals surface area contributed by atoms with Crippen LogP contribution in [0.1, 0.15) is 99.3 Å². The van der Waals surface area contributed by atoms with Crippen LogP contribution in [0, 0.1) is 17.8 Å². The molecule has 1 aromatic heterocycles.